The summed E-state index contributed by atoms with van der Waals surface area (Å²) < 4.78 is 5.51. The quantitative estimate of drug-likeness (QED) is 0.600. The number of hydrogen-bond acceptors (Lipinski definition) is 5. The number of aromatic hydroxyl groups is 3. The van der Waals surface area contributed by atoms with E-state index in [0.717, 1.165) is 6.07 Å². The summed E-state index contributed by atoms with van der Waals surface area (Å²) in [6.45, 7) is 0. The van der Waals surface area contributed by atoms with Crippen LogP contribution in [0.4, 0.5) is 0 Å². The fourth-order valence-electron chi connectivity index (χ4n) is 2.07. The zero-order chi connectivity index (χ0) is 15.1. The molecule has 1 aromatic heterocycles. The lowest BCUT2D eigenvalue weighted by Crippen LogP contribution is -2.01. The number of phenolic OH excluding ortho intramolecular Hbond substituents is 3. The molecule has 0 aliphatic carbocycles. The van der Waals surface area contributed by atoms with Gasteiger partial charge in [-0.1, -0.05) is 23.7 Å². The molecule has 21 heavy (non-hydrogen) atoms. The van der Waals surface area contributed by atoms with Gasteiger partial charge in [-0.3, -0.25) is 4.79 Å². The molecule has 0 amide bonds. The Balaban J connectivity index is 2.38. The van der Waals surface area contributed by atoms with E-state index >= 15 is 0 Å². The fraction of sp³-hybridized carbons (Fsp3) is 0. The summed E-state index contributed by atoms with van der Waals surface area (Å²) in [6, 6.07) is 9.02. The van der Waals surface area contributed by atoms with Gasteiger partial charge in [-0.05, 0) is 12.1 Å². The second-order valence-electron chi connectivity index (χ2n) is 4.42. The lowest BCUT2D eigenvalue weighted by Gasteiger charge is -2.07. The first-order chi connectivity index (χ1) is 9.99. The number of fused-ring (bicyclic) bond motifs is 1. The third kappa shape index (κ3) is 2.08. The minimum absolute atomic E-state index is 0.0507. The molecule has 106 valence electrons. The Morgan fingerprint density at radius 2 is 1.71 bits per heavy atom. The van der Waals surface area contributed by atoms with Gasteiger partial charge in [0.05, 0.1) is 5.02 Å². The third-order valence-corrected chi connectivity index (χ3v) is 3.42. The maximum absolute atomic E-state index is 12.1. The zero-order valence-corrected chi connectivity index (χ0v) is 11.3. The van der Waals surface area contributed by atoms with Gasteiger partial charge in [-0.2, -0.15) is 0 Å². The van der Waals surface area contributed by atoms with Crippen molar-refractivity contribution < 1.29 is 19.7 Å². The van der Waals surface area contributed by atoms with Crippen LogP contribution < -0.4 is 5.43 Å². The predicted molar refractivity (Wildman–Crippen MR) is 77.9 cm³/mol. The first-order valence-electron chi connectivity index (χ1n) is 5.95. The van der Waals surface area contributed by atoms with E-state index in [1.165, 1.54) is 6.07 Å². The van der Waals surface area contributed by atoms with Crippen LogP contribution in [0.5, 0.6) is 17.2 Å². The van der Waals surface area contributed by atoms with Gasteiger partial charge in [-0.25, -0.2) is 0 Å². The molecule has 0 saturated heterocycles. The van der Waals surface area contributed by atoms with Crippen molar-refractivity contribution in [3.8, 4) is 28.6 Å². The minimum atomic E-state index is -0.764. The highest BCUT2D eigenvalue weighted by Gasteiger charge is 2.17. The standard InChI is InChI=1S/C15H9ClO5/c16-8-4-2-1-3-7(8)11-5-9(17)13-12(21-11)6-10(18)14(19)15(13)20/h1-6,18-20H. The van der Waals surface area contributed by atoms with E-state index < -0.39 is 22.7 Å². The van der Waals surface area contributed by atoms with Crippen LogP contribution >= 0.6 is 11.6 Å². The summed E-state index contributed by atoms with van der Waals surface area (Å²) in [4.78, 5) is 12.1. The minimum Gasteiger partial charge on any atom is -0.504 e. The number of hydrogen-bond donors (Lipinski definition) is 3. The molecule has 0 atom stereocenters. The number of phenols is 3. The normalized spacial score (nSPS) is 10.9. The third-order valence-electron chi connectivity index (χ3n) is 3.09. The Kier molecular flexibility index (Phi) is 2.99. The van der Waals surface area contributed by atoms with Gasteiger partial charge in [0.2, 0.25) is 5.75 Å². The molecule has 6 heteroatoms. The van der Waals surface area contributed by atoms with Gasteiger partial charge in [0.15, 0.2) is 16.9 Å². The summed E-state index contributed by atoms with van der Waals surface area (Å²) in [7, 11) is 0. The van der Waals surface area contributed by atoms with E-state index in [9.17, 15) is 20.1 Å². The smallest absolute Gasteiger partial charge is 0.201 e. The van der Waals surface area contributed by atoms with Gasteiger partial charge in [-0.15, -0.1) is 0 Å². The van der Waals surface area contributed by atoms with Crippen LogP contribution in [0.2, 0.25) is 5.02 Å². The van der Waals surface area contributed by atoms with Crippen LogP contribution in [-0.2, 0) is 0 Å². The largest absolute Gasteiger partial charge is 0.504 e. The van der Waals surface area contributed by atoms with E-state index in [1.807, 2.05) is 0 Å². The molecule has 0 bridgehead atoms. The van der Waals surface area contributed by atoms with Gasteiger partial charge >= 0.3 is 0 Å². The van der Waals surface area contributed by atoms with Gasteiger partial charge in [0, 0.05) is 17.7 Å². The lowest BCUT2D eigenvalue weighted by molar-refractivity contribution is 0.370. The second-order valence-corrected chi connectivity index (χ2v) is 4.83. The average Bonchev–Trinajstić information content (AvgIpc) is 2.44. The number of halogens is 1. The van der Waals surface area contributed by atoms with E-state index in [0.29, 0.717) is 10.6 Å². The maximum atomic E-state index is 12.1. The van der Waals surface area contributed by atoms with Gasteiger partial charge in [0.25, 0.3) is 0 Å². The van der Waals surface area contributed by atoms with Gasteiger partial charge in [0.1, 0.15) is 16.7 Å². The second kappa shape index (κ2) is 4.71. The molecule has 0 aliphatic rings. The Bertz CT molecular complexity index is 914. The summed E-state index contributed by atoms with van der Waals surface area (Å²) in [6.07, 6.45) is 0. The molecule has 0 fully saturated rings. The summed E-state index contributed by atoms with van der Waals surface area (Å²) in [5.74, 6) is -1.87. The van der Waals surface area contributed by atoms with Crippen LogP contribution in [0.25, 0.3) is 22.3 Å². The fourth-order valence-corrected chi connectivity index (χ4v) is 2.30. The number of rotatable bonds is 1. The van der Waals surface area contributed by atoms with Gasteiger partial charge < -0.3 is 19.7 Å². The van der Waals surface area contributed by atoms with Crippen molar-refractivity contribution >= 4 is 22.6 Å². The summed E-state index contributed by atoms with van der Waals surface area (Å²) in [5, 5.41) is 28.9. The molecule has 0 spiro atoms. The van der Waals surface area contributed by atoms with Crippen LogP contribution in [-0.4, -0.2) is 15.3 Å². The van der Waals surface area contributed by atoms with Crippen LogP contribution in [0.3, 0.4) is 0 Å². The molecule has 0 aliphatic heterocycles. The Hall–Kier alpha value is -2.66. The molecular formula is C15H9ClO5. The molecule has 3 N–H and O–H groups in total. The van der Waals surface area contributed by atoms with Crippen LogP contribution in [0.1, 0.15) is 0 Å². The molecule has 1 heterocycles. The average molecular weight is 305 g/mol. The molecule has 0 radical (unpaired) electrons. The van der Waals surface area contributed by atoms with Crippen molar-refractivity contribution in [1.82, 2.24) is 0 Å². The van der Waals surface area contributed by atoms with E-state index in [1.54, 1.807) is 24.3 Å². The first-order valence-corrected chi connectivity index (χ1v) is 6.33. The van der Waals surface area contributed by atoms with Crippen LogP contribution in [0, 0.1) is 0 Å². The highest BCUT2D eigenvalue weighted by atomic mass is 35.5. The molecule has 3 rings (SSSR count). The zero-order valence-electron chi connectivity index (χ0n) is 10.5. The van der Waals surface area contributed by atoms with E-state index in [-0.39, 0.29) is 16.7 Å². The van der Waals surface area contributed by atoms with Crippen LogP contribution in [0.15, 0.2) is 45.6 Å². The lowest BCUT2D eigenvalue weighted by atomic mass is 10.1. The van der Waals surface area contributed by atoms with Crippen molar-refractivity contribution in [2.45, 2.75) is 0 Å². The summed E-state index contributed by atoms with van der Waals surface area (Å²) in [5.41, 5.74) is -0.102. The van der Waals surface area contributed by atoms with E-state index in [4.69, 9.17) is 16.0 Å². The van der Waals surface area contributed by atoms with Crippen molar-refractivity contribution in [3.05, 3.63) is 51.6 Å². The summed E-state index contributed by atoms with van der Waals surface area (Å²) >= 11 is 6.05. The highest BCUT2D eigenvalue weighted by Crippen LogP contribution is 2.40. The Morgan fingerprint density at radius 3 is 2.43 bits per heavy atom. The Labute approximate surface area is 123 Å². The monoisotopic (exact) mass is 304 g/mol. The van der Waals surface area contributed by atoms with Crippen molar-refractivity contribution in [2.75, 3.05) is 0 Å². The Morgan fingerprint density at radius 1 is 1.00 bits per heavy atom. The maximum Gasteiger partial charge on any atom is 0.201 e. The molecule has 5 nitrogen and oxygen atoms in total. The van der Waals surface area contributed by atoms with Crippen molar-refractivity contribution in [1.29, 1.82) is 0 Å². The molecule has 3 aromatic rings. The SMILES string of the molecule is O=c1cc(-c2ccccc2Cl)oc2cc(O)c(O)c(O)c12. The first kappa shape index (κ1) is 13.3. The van der Waals surface area contributed by atoms with E-state index in [2.05, 4.69) is 0 Å². The van der Waals surface area contributed by atoms with Crippen molar-refractivity contribution in [3.63, 3.8) is 0 Å². The molecule has 0 unspecified atom stereocenters. The highest BCUT2D eigenvalue weighted by molar-refractivity contribution is 6.33. The molecule has 2 aromatic carbocycles. The number of benzene rings is 2. The molecular weight excluding hydrogens is 296 g/mol. The topological polar surface area (TPSA) is 90.9 Å². The predicted octanol–water partition coefficient (Wildman–Crippen LogP) is 3.23. The molecule has 0 saturated carbocycles. The van der Waals surface area contributed by atoms with Crippen molar-refractivity contribution in [2.24, 2.45) is 0 Å².